The van der Waals surface area contributed by atoms with Gasteiger partial charge in [0.05, 0.1) is 14.9 Å². The fraction of sp³-hybridized carbons (Fsp3) is 0.333. The first-order valence-corrected chi connectivity index (χ1v) is 8.35. The van der Waals surface area contributed by atoms with E-state index >= 15 is 0 Å². The van der Waals surface area contributed by atoms with Crippen molar-refractivity contribution in [2.75, 3.05) is 6.54 Å². The van der Waals surface area contributed by atoms with Crippen molar-refractivity contribution in [3.8, 4) is 0 Å². The van der Waals surface area contributed by atoms with Crippen LogP contribution in [0.4, 0.5) is 0 Å². The minimum absolute atomic E-state index is 0.259. The molecule has 0 saturated heterocycles. The molecule has 1 nitrogen and oxygen atoms in total. The number of halogens is 2. The van der Waals surface area contributed by atoms with Gasteiger partial charge in [-0.1, -0.05) is 18.5 Å². The molecule has 2 rings (SSSR count). The molecular weight excluding hydrogens is 338 g/mol. The third kappa shape index (κ3) is 3.32. The molecule has 17 heavy (non-hydrogen) atoms. The predicted octanol–water partition coefficient (Wildman–Crippen LogP) is 5.31. The Balaban J connectivity index is 2.26. The summed E-state index contributed by atoms with van der Waals surface area (Å²) >= 11 is 13.0. The van der Waals surface area contributed by atoms with Crippen LogP contribution in [0.15, 0.2) is 26.7 Å². The molecular formula is C12H13BrClNS2. The van der Waals surface area contributed by atoms with Gasteiger partial charge >= 0.3 is 0 Å². The molecule has 92 valence electrons. The molecule has 0 bridgehead atoms. The summed E-state index contributed by atoms with van der Waals surface area (Å²) in [6.45, 7) is 3.18. The van der Waals surface area contributed by atoms with Gasteiger partial charge in [0.25, 0.3) is 0 Å². The molecule has 0 fully saturated rings. The molecule has 0 radical (unpaired) electrons. The van der Waals surface area contributed by atoms with E-state index in [1.54, 1.807) is 22.7 Å². The summed E-state index contributed by atoms with van der Waals surface area (Å²) in [5.41, 5.74) is 1.31. The van der Waals surface area contributed by atoms with Gasteiger partial charge in [0, 0.05) is 4.88 Å². The molecule has 1 N–H and O–H groups in total. The second-order valence-corrected chi connectivity index (χ2v) is 7.30. The van der Waals surface area contributed by atoms with Crippen molar-refractivity contribution in [2.45, 2.75) is 19.4 Å². The van der Waals surface area contributed by atoms with E-state index in [9.17, 15) is 0 Å². The van der Waals surface area contributed by atoms with Crippen molar-refractivity contribution in [1.29, 1.82) is 0 Å². The largest absolute Gasteiger partial charge is 0.306 e. The summed E-state index contributed by atoms with van der Waals surface area (Å²) in [7, 11) is 0. The number of nitrogens with one attached hydrogen (secondary N) is 1. The first-order valence-electron chi connectivity index (χ1n) is 5.42. The van der Waals surface area contributed by atoms with Crippen molar-refractivity contribution in [1.82, 2.24) is 5.32 Å². The molecule has 2 heterocycles. The monoisotopic (exact) mass is 349 g/mol. The van der Waals surface area contributed by atoms with Crippen molar-refractivity contribution in [2.24, 2.45) is 0 Å². The highest BCUT2D eigenvalue weighted by Gasteiger charge is 2.17. The lowest BCUT2D eigenvalue weighted by atomic mass is 10.1. The summed E-state index contributed by atoms with van der Waals surface area (Å²) in [5.74, 6) is 0. The maximum absolute atomic E-state index is 6.11. The lowest BCUT2D eigenvalue weighted by Crippen LogP contribution is -2.21. The number of hydrogen-bond acceptors (Lipinski definition) is 3. The van der Waals surface area contributed by atoms with E-state index in [-0.39, 0.29) is 6.04 Å². The van der Waals surface area contributed by atoms with E-state index in [0.717, 1.165) is 21.8 Å². The van der Waals surface area contributed by atoms with Crippen LogP contribution in [0.5, 0.6) is 0 Å². The van der Waals surface area contributed by atoms with Crippen molar-refractivity contribution in [3.05, 3.63) is 42.1 Å². The maximum atomic E-state index is 6.11. The second-order valence-electron chi connectivity index (χ2n) is 3.71. The van der Waals surface area contributed by atoms with E-state index in [2.05, 4.69) is 45.0 Å². The lowest BCUT2D eigenvalue weighted by molar-refractivity contribution is 0.607. The first-order chi connectivity index (χ1) is 8.22. The predicted molar refractivity (Wildman–Crippen MR) is 81.5 cm³/mol. The van der Waals surface area contributed by atoms with E-state index in [1.165, 1.54) is 10.4 Å². The van der Waals surface area contributed by atoms with Crippen molar-refractivity contribution < 1.29 is 0 Å². The minimum atomic E-state index is 0.259. The normalized spacial score (nSPS) is 12.9. The Morgan fingerprint density at radius 1 is 1.53 bits per heavy atom. The lowest BCUT2D eigenvalue weighted by Gasteiger charge is -2.15. The fourth-order valence-electron chi connectivity index (χ4n) is 1.62. The summed E-state index contributed by atoms with van der Waals surface area (Å²) in [4.78, 5) is 1.26. The van der Waals surface area contributed by atoms with Crippen LogP contribution in [0.1, 0.15) is 29.8 Å². The van der Waals surface area contributed by atoms with E-state index in [0.29, 0.717) is 0 Å². The summed E-state index contributed by atoms with van der Waals surface area (Å²) < 4.78 is 1.01. The first kappa shape index (κ1) is 13.6. The summed E-state index contributed by atoms with van der Waals surface area (Å²) in [5, 5.41) is 8.66. The third-order valence-electron chi connectivity index (χ3n) is 2.42. The van der Waals surface area contributed by atoms with Crippen LogP contribution >= 0.6 is 50.2 Å². The highest BCUT2D eigenvalue weighted by molar-refractivity contribution is 9.11. The zero-order valence-corrected chi connectivity index (χ0v) is 13.3. The molecule has 1 unspecified atom stereocenters. The molecule has 2 aromatic rings. The summed E-state index contributed by atoms with van der Waals surface area (Å²) in [6.07, 6.45) is 1.13. The van der Waals surface area contributed by atoms with Gasteiger partial charge in [0.15, 0.2) is 0 Å². The fourth-order valence-corrected chi connectivity index (χ4v) is 4.15. The van der Waals surface area contributed by atoms with Crippen molar-refractivity contribution >= 4 is 50.2 Å². The van der Waals surface area contributed by atoms with Crippen molar-refractivity contribution in [3.63, 3.8) is 0 Å². The molecule has 0 aliphatic carbocycles. The van der Waals surface area contributed by atoms with Gasteiger partial charge in [-0.05, 0) is 57.4 Å². The topological polar surface area (TPSA) is 12.0 Å². The molecule has 0 amide bonds. The minimum Gasteiger partial charge on any atom is -0.306 e. The van der Waals surface area contributed by atoms with Gasteiger partial charge in [-0.3, -0.25) is 0 Å². The van der Waals surface area contributed by atoms with E-state index in [4.69, 9.17) is 11.6 Å². The molecule has 2 aromatic heterocycles. The standard InChI is InChI=1S/C12H13BrClNS2/c1-2-4-15-11(8-3-5-16-7-8)10-6-9(14)12(13)17-10/h3,5-7,11,15H,2,4H2,1H3. The van der Waals surface area contributed by atoms with Gasteiger partial charge in [0.2, 0.25) is 0 Å². The van der Waals surface area contributed by atoms with Gasteiger partial charge in [-0.2, -0.15) is 11.3 Å². The Hall–Kier alpha value is 0.130. The van der Waals surface area contributed by atoms with Crippen LogP contribution in [0, 0.1) is 0 Å². The van der Waals surface area contributed by atoms with Crippen LogP contribution in [0.25, 0.3) is 0 Å². The molecule has 5 heteroatoms. The average molecular weight is 351 g/mol. The second kappa shape index (κ2) is 6.34. The molecule has 0 saturated carbocycles. The molecule has 0 spiro atoms. The van der Waals surface area contributed by atoms with E-state index in [1.807, 2.05) is 6.07 Å². The molecule has 1 atom stereocenters. The molecule has 0 aromatic carbocycles. The maximum Gasteiger partial charge on any atom is 0.0888 e. The van der Waals surface area contributed by atoms with Gasteiger partial charge in [-0.25, -0.2) is 0 Å². The van der Waals surface area contributed by atoms with Gasteiger partial charge < -0.3 is 5.32 Å². The zero-order chi connectivity index (χ0) is 12.3. The van der Waals surface area contributed by atoms with Crippen LogP contribution in [0.2, 0.25) is 5.02 Å². The summed E-state index contributed by atoms with van der Waals surface area (Å²) in [6, 6.07) is 4.47. The van der Waals surface area contributed by atoms with Crippen LogP contribution in [-0.2, 0) is 0 Å². The number of hydrogen-bond donors (Lipinski definition) is 1. The SMILES string of the molecule is CCCNC(c1ccsc1)c1cc(Cl)c(Br)s1. The third-order valence-corrected chi connectivity index (χ3v) is 5.66. The molecule has 0 aliphatic heterocycles. The Labute approximate surface area is 123 Å². The Morgan fingerprint density at radius 2 is 2.35 bits per heavy atom. The van der Waals surface area contributed by atoms with Gasteiger partial charge in [-0.15, -0.1) is 11.3 Å². The molecule has 0 aliphatic rings. The quantitative estimate of drug-likeness (QED) is 0.770. The Kier molecular flexibility index (Phi) is 5.06. The number of rotatable bonds is 5. The van der Waals surface area contributed by atoms with Gasteiger partial charge in [0.1, 0.15) is 0 Å². The van der Waals surface area contributed by atoms with E-state index < -0.39 is 0 Å². The average Bonchev–Trinajstić information content (AvgIpc) is 2.92. The Bertz CT molecular complexity index is 447. The Morgan fingerprint density at radius 3 is 2.88 bits per heavy atom. The van der Waals surface area contributed by atoms with Crippen LogP contribution in [0.3, 0.4) is 0 Å². The highest BCUT2D eigenvalue weighted by atomic mass is 79.9. The zero-order valence-electron chi connectivity index (χ0n) is 9.37. The van der Waals surface area contributed by atoms with Crippen LogP contribution < -0.4 is 5.32 Å². The highest BCUT2D eigenvalue weighted by Crippen LogP contribution is 2.37. The van der Waals surface area contributed by atoms with Crippen LogP contribution in [-0.4, -0.2) is 6.54 Å². The number of thiophene rings is 2. The smallest absolute Gasteiger partial charge is 0.0888 e.